The minimum Gasteiger partial charge on any atom is -0.338 e. The Morgan fingerprint density at radius 2 is 1.94 bits per heavy atom. The fourth-order valence-electron chi connectivity index (χ4n) is 4.54. The number of benzene rings is 1. The standard InChI is InChI=1S/C24H31N5O2/c1-16-13-25-22(26-16)23(30)27-21-11-10-18(19-14-28(2)24(31)29(3)15-19)12-20(21)17-8-6-4-5-7-9-17/h8,10-13,19H,4-7,9,14-15H2,1-3H3,(H,25,26)(H,27,30). The van der Waals surface area contributed by atoms with Gasteiger partial charge in [-0.05, 0) is 55.9 Å². The van der Waals surface area contributed by atoms with Gasteiger partial charge in [0, 0.05) is 56.2 Å². The van der Waals surface area contributed by atoms with Crippen LogP contribution in [0, 0.1) is 6.92 Å². The highest BCUT2D eigenvalue weighted by Gasteiger charge is 2.28. The van der Waals surface area contributed by atoms with Crippen molar-refractivity contribution in [3.63, 3.8) is 0 Å². The molecule has 1 aliphatic carbocycles. The number of amides is 3. The Morgan fingerprint density at radius 1 is 1.16 bits per heavy atom. The smallest absolute Gasteiger partial charge is 0.319 e. The van der Waals surface area contributed by atoms with E-state index in [0.29, 0.717) is 18.9 Å². The van der Waals surface area contributed by atoms with Gasteiger partial charge < -0.3 is 20.1 Å². The van der Waals surface area contributed by atoms with Gasteiger partial charge in [-0.2, -0.15) is 0 Å². The Kier molecular flexibility index (Phi) is 6.11. The monoisotopic (exact) mass is 421 g/mol. The Labute approximate surface area is 183 Å². The highest BCUT2D eigenvalue weighted by Crippen LogP contribution is 2.34. The van der Waals surface area contributed by atoms with Crippen molar-refractivity contribution in [3.05, 3.63) is 53.1 Å². The van der Waals surface area contributed by atoms with E-state index in [4.69, 9.17) is 0 Å². The van der Waals surface area contributed by atoms with Crippen LogP contribution >= 0.6 is 0 Å². The number of likely N-dealkylation sites (N-methyl/N-ethyl adjacent to an activating group) is 2. The van der Waals surface area contributed by atoms with E-state index in [2.05, 4.69) is 33.5 Å². The molecule has 1 aliphatic heterocycles. The topological polar surface area (TPSA) is 81.3 Å². The average Bonchev–Trinajstić information content (AvgIpc) is 3.02. The Morgan fingerprint density at radius 3 is 2.65 bits per heavy atom. The summed E-state index contributed by atoms with van der Waals surface area (Å²) in [6.07, 6.45) is 9.64. The van der Waals surface area contributed by atoms with Crippen LogP contribution in [0.15, 0.2) is 30.5 Å². The molecule has 31 heavy (non-hydrogen) atoms. The molecule has 164 valence electrons. The van der Waals surface area contributed by atoms with Crippen LogP contribution in [-0.4, -0.2) is 58.9 Å². The van der Waals surface area contributed by atoms with Crippen molar-refractivity contribution < 1.29 is 9.59 Å². The highest BCUT2D eigenvalue weighted by atomic mass is 16.2. The molecular weight excluding hydrogens is 390 g/mol. The van der Waals surface area contributed by atoms with Crippen LogP contribution in [0.4, 0.5) is 10.5 Å². The molecular formula is C24H31N5O2. The lowest BCUT2D eigenvalue weighted by atomic mass is 9.90. The number of urea groups is 1. The Balaban J connectivity index is 1.67. The van der Waals surface area contributed by atoms with Gasteiger partial charge in [-0.1, -0.05) is 18.6 Å². The minimum absolute atomic E-state index is 0.0561. The maximum atomic E-state index is 12.8. The molecule has 1 aromatic carbocycles. The number of hydrogen-bond donors (Lipinski definition) is 2. The first-order chi connectivity index (χ1) is 14.9. The molecule has 0 bridgehead atoms. The van der Waals surface area contributed by atoms with E-state index in [9.17, 15) is 9.59 Å². The van der Waals surface area contributed by atoms with Gasteiger partial charge in [0.1, 0.15) is 0 Å². The van der Waals surface area contributed by atoms with Crippen LogP contribution in [0.2, 0.25) is 0 Å². The number of allylic oxidation sites excluding steroid dienone is 2. The first-order valence-electron chi connectivity index (χ1n) is 11.0. The van der Waals surface area contributed by atoms with Crippen LogP contribution in [0.3, 0.4) is 0 Å². The first-order valence-corrected chi connectivity index (χ1v) is 11.0. The molecule has 2 aliphatic rings. The summed E-state index contributed by atoms with van der Waals surface area (Å²) in [4.78, 5) is 35.6. The number of nitrogens with zero attached hydrogens (tertiary/aromatic N) is 3. The second kappa shape index (κ2) is 8.96. The molecule has 2 heterocycles. The molecule has 0 radical (unpaired) electrons. The number of aromatic nitrogens is 2. The van der Waals surface area contributed by atoms with Crippen molar-refractivity contribution in [2.75, 3.05) is 32.5 Å². The van der Waals surface area contributed by atoms with Gasteiger partial charge in [-0.3, -0.25) is 4.79 Å². The summed E-state index contributed by atoms with van der Waals surface area (Å²) in [5, 5.41) is 3.06. The summed E-state index contributed by atoms with van der Waals surface area (Å²) in [6.45, 7) is 3.27. The van der Waals surface area contributed by atoms with Crippen LogP contribution in [0.25, 0.3) is 5.57 Å². The van der Waals surface area contributed by atoms with Crippen LogP contribution in [0.1, 0.15) is 65.5 Å². The summed E-state index contributed by atoms with van der Waals surface area (Å²) >= 11 is 0. The molecule has 0 saturated carbocycles. The fourth-order valence-corrected chi connectivity index (χ4v) is 4.54. The molecule has 2 aromatic rings. The summed E-state index contributed by atoms with van der Waals surface area (Å²) in [7, 11) is 3.69. The van der Waals surface area contributed by atoms with Gasteiger partial charge >= 0.3 is 6.03 Å². The number of hydrogen-bond acceptors (Lipinski definition) is 3. The van der Waals surface area contributed by atoms with Crippen LogP contribution in [-0.2, 0) is 0 Å². The van der Waals surface area contributed by atoms with Gasteiger partial charge in [-0.25, -0.2) is 9.78 Å². The quantitative estimate of drug-likeness (QED) is 0.768. The third-order valence-corrected chi connectivity index (χ3v) is 6.21. The minimum atomic E-state index is -0.237. The average molecular weight is 422 g/mol. The van der Waals surface area contributed by atoms with Crippen molar-refractivity contribution in [2.45, 2.75) is 44.9 Å². The normalized spacial score (nSPS) is 18.0. The molecule has 7 heteroatoms. The lowest BCUT2D eigenvalue weighted by molar-refractivity contribution is 0.101. The molecule has 2 N–H and O–H groups in total. The third kappa shape index (κ3) is 4.65. The van der Waals surface area contributed by atoms with Crippen molar-refractivity contribution in [1.29, 1.82) is 0 Å². The van der Waals surface area contributed by atoms with E-state index < -0.39 is 0 Å². The molecule has 3 amide bonds. The molecule has 0 spiro atoms. The molecule has 4 rings (SSSR count). The van der Waals surface area contributed by atoms with Gasteiger partial charge in [0.2, 0.25) is 0 Å². The second-order valence-corrected chi connectivity index (χ2v) is 8.74. The predicted molar refractivity (Wildman–Crippen MR) is 122 cm³/mol. The summed E-state index contributed by atoms with van der Waals surface area (Å²) in [5.74, 6) is 0.311. The maximum Gasteiger partial charge on any atom is 0.319 e. The fraction of sp³-hybridized carbons (Fsp3) is 0.458. The lowest BCUT2D eigenvalue weighted by Crippen LogP contribution is -2.48. The van der Waals surface area contributed by atoms with E-state index in [1.807, 2.05) is 27.1 Å². The molecule has 1 saturated heterocycles. The van der Waals surface area contributed by atoms with Gasteiger partial charge in [0.05, 0.1) is 0 Å². The Bertz CT molecular complexity index is 995. The summed E-state index contributed by atoms with van der Waals surface area (Å²) in [6, 6.07) is 6.34. The lowest BCUT2D eigenvalue weighted by Gasteiger charge is -2.36. The van der Waals surface area contributed by atoms with Gasteiger partial charge in [-0.15, -0.1) is 0 Å². The van der Waals surface area contributed by atoms with Crippen molar-refractivity contribution in [2.24, 2.45) is 0 Å². The van der Waals surface area contributed by atoms with Crippen molar-refractivity contribution >= 4 is 23.2 Å². The molecule has 0 unspecified atom stereocenters. The zero-order valence-electron chi connectivity index (χ0n) is 18.6. The summed E-state index contributed by atoms with van der Waals surface area (Å²) in [5.41, 5.74) is 5.23. The number of carbonyl (C=O) groups is 2. The van der Waals surface area contributed by atoms with E-state index >= 15 is 0 Å². The first kappa shape index (κ1) is 21.2. The number of nitrogens with one attached hydrogen (secondary N) is 2. The number of imidazole rings is 1. The largest absolute Gasteiger partial charge is 0.338 e. The third-order valence-electron chi connectivity index (χ3n) is 6.21. The zero-order chi connectivity index (χ0) is 22.0. The SMILES string of the molecule is Cc1cnc(C(=O)Nc2ccc(C3CN(C)C(=O)N(C)C3)cc2C2=CCCCCC2)[nH]1. The molecule has 1 fully saturated rings. The number of anilines is 1. The van der Waals surface area contributed by atoms with E-state index in [1.54, 1.807) is 16.0 Å². The second-order valence-electron chi connectivity index (χ2n) is 8.74. The number of H-pyrrole nitrogens is 1. The van der Waals surface area contributed by atoms with Gasteiger partial charge in [0.15, 0.2) is 5.82 Å². The van der Waals surface area contributed by atoms with Gasteiger partial charge in [0.25, 0.3) is 5.91 Å². The highest BCUT2D eigenvalue weighted by molar-refractivity contribution is 6.03. The zero-order valence-corrected chi connectivity index (χ0v) is 18.6. The van der Waals surface area contributed by atoms with Crippen molar-refractivity contribution in [3.8, 4) is 0 Å². The maximum absolute atomic E-state index is 12.8. The number of carbonyl (C=O) groups excluding carboxylic acids is 2. The predicted octanol–water partition coefficient (Wildman–Crippen LogP) is 4.40. The number of rotatable bonds is 4. The molecule has 1 aromatic heterocycles. The summed E-state index contributed by atoms with van der Waals surface area (Å²) < 4.78 is 0. The van der Waals surface area contributed by atoms with Crippen LogP contribution in [0.5, 0.6) is 0 Å². The molecule has 7 nitrogen and oxygen atoms in total. The number of aromatic amines is 1. The molecule has 0 atom stereocenters. The van der Waals surface area contributed by atoms with E-state index in [1.165, 1.54) is 24.0 Å². The number of aryl methyl sites for hydroxylation is 1. The van der Waals surface area contributed by atoms with Crippen LogP contribution < -0.4 is 5.32 Å². The Hall–Kier alpha value is -3.09. The van der Waals surface area contributed by atoms with E-state index in [0.717, 1.165) is 36.2 Å². The van der Waals surface area contributed by atoms with E-state index in [-0.39, 0.29) is 17.9 Å². The van der Waals surface area contributed by atoms with Crippen molar-refractivity contribution in [1.82, 2.24) is 19.8 Å².